The Balaban J connectivity index is 1.53. The normalized spacial score (nSPS) is 19.8. The molecule has 5 heteroatoms. The second-order valence-corrected chi connectivity index (χ2v) is 8.13. The van der Waals surface area contributed by atoms with Crippen molar-refractivity contribution in [1.82, 2.24) is 14.7 Å². The summed E-state index contributed by atoms with van der Waals surface area (Å²) in [4.78, 5) is 16.8. The topological polar surface area (TPSA) is 38.1 Å². The maximum atomic E-state index is 13.5. The van der Waals surface area contributed by atoms with Gasteiger partial charge >= 0.3 is 0 Å². The first-order valence-corrected chi connectivity index (χ1v) is 10.2. The lowest BCUT2D eigenvalue weighted by Crippen LogP contribution is -2.31. The summed E-state index contributed by atoms with van der Waals surface area (Å²) < 4.78 is 1.85. The van der Waals surface area contributed by atoms with Gasteiger partial charge in [-0.2, -0.15) is 5.10 Å². The Hall–Kier alpha value is -2.40. The molecule has 1 atom stereocenters. The fourth-order valence-electron chi connectivity index (χ4n) is 3.83. The Labute approximate surface area is 157 Å². The van der Waals surface area contributed by atoms with Crippen LogP contribution in [0.4, 0.5) is 0 Å². The van der Waals surface area contributed by atoms with Gasteiger partial charge in [-0.1, -0.05) is 24.3 Å². The predicted octanol–water partition coefficient (Wildman–Crippen LogP) is 4.79. The molecule has 0 bridgehead atoms. The van der Waals surface area contributed by atoms with Crippen molar-refractivity contribution in [2.45, 2.75) is 37.6 Å². The highest BCUT2D eigenvalue weighted by atomic mass is 32.1. The number of para-hydroxylation sites is 1. The lowest BCUT2D eigenvalue weighted by molar-refractivity contribution is 0.0728. The van der Waals surface area contributed by atoms with E-state index in [1.165, 1.54) is 17.7 Å². The van der Waals surface area contributed by atoms with Crippen molar-refractivity contribution in [3.63, 3.8) is 0 Å². The quantitative estimate of drug-likeness (QED) is 0.668. The zero-order chi connectivity index (χ0) is 17.5. The van der Waals surface area contributed by atoms with E-state index in [4.69, 9.17) is 5.10 Å². The Morgan fingerprint density at radius 2 is 1.92 bits per heavy atom. The molecule has 1 saturated heterocycles. The fraction of sp³-hybridized carbons (Fsp3) is 0.333. The summed E-state index contributed by atoms with van der Waals surface area (Å²) >= 11 is 1.74. The van der Waals surface area contributed by atoms with E-state index in [1.807, 2.05) is 46.0 Å². The van der Waals surface area contributed by atoms with E-state index in [2.05, 4.69) is 17.5 Å². The molecule has 2 aromatic heterocycles. The Kier molecular flexibility index (Phi) is 3.89. The molecule has 0 radical (unpaired) electrons. The van der Waals surface area contributed by atoms with Crippen LogP contribution < -0.4 is 0 Å². The Bertz CT molecular complexity index is 912. The van der Waals surface area contributed by atoms with Gasteiger partial charge in [-0.15, -0.1) is 11.3 Å². The van der Waals surface area contributed by atoms with E-state index in [9.17, 15) is 4.79 Å². The van der Waals surface area contributed by atoms with Crippen molar-refractivity contribution in [2.24, 2.45) is 0 Å². The van der Waals surface area contributed by atoms with Gasteiger partial charge in [-0.25, -0.2) is 4.68 Å². The molecule has 26 heavy (non-hydrogen) atoms. The van der Waals surface area contributed by atoms with E-state index in [0.717, 1.165) is 30.8 Å². The van der Waals surface area contributed by atoms with Gasteiger partial charge in [0.25, 0.3) is 5.91 Å². The molecule has 3 heterocycles. The number of benzene rings is 1. The van der Waals surface area contributed by atoms with Gasteiger partial charge in [0.2, 0.25) is 0 Å². The maximum absolute atomic E-state index is 13.5. The summed E-state index contributed by atoms with van der Waals surface area (Å²) in [6.45, 7) is 0.820. The number of likely N-dealkylation sites (tertiary alicyclic amines) is 1. The molecule has 4 nitrogen and oxygen atoms in total. The molecular formula is C21H21N3OS. The van der Waals surface area contributed by atoms with Gasteiger partial charge < -0.3 is 4.90 Å². The van der Waals surface area contributed by atoms with Crippen molar-refractivity contribution < 1.29 is 4.79 Å². The molecule has 1 aliphatic carbocycles. The summed E-state index contributed by atoms with van der Waals surface area (Å²) in [7, 11) is 0. The number of nitrogens with zero attached hydrogens (tertiary/aromatic N) is 3. The minimum absolute atomic E-state index is 0.101. The van der Waals surface area contributed by atoms with Crippen LogP contribution in [0.3, 0.4) is 0 Å². The van der Waals surface area contributed by atoms with Crippen LogP contribution in [-0.2, 0) is 0 Å². The van der Waals surface area contributed by atoms with Crippen LogP contribution in [0.1, 0.15) is 58.7 Å². The van der Waals surface area contributed by atoms with E-state index in [1.54, 1.807) is 11.3 Å². The third-order valence-corrected chi connectivity index (χ3v) is 6.30. The van der Waals surface area contributed by atoms with Gasteiger partial charge in [0.1, 0.15) is 5.69 Å². The Morgan fingerprint density at radius 3 is 2.65 bits per heavy atom. The first kappa shape index (κ1) is 15.8. The van der Waals surface area contributed by atoms with E-state index < -0.39 is 0 Å². The maximum Gasteiger partial charge on any atom is 0.273 e. The van der Waals surface area contributed by atoms with Crippen molar-refractivity contribution in [3.05, 3.63) is 70.2 Å². The Morgan fingerprint density at radius 1 is 1.08 bits per heavy atom. The van der Waals surface area contributed by atoms with E-state index in [-0.39, 0.29) is 11.9 Å². The largest absolute Gasteiger partial charge is 0.329 e. The monoisotopic (exact) mass is 363 g/mol. The smallest absolute Gasteiger partial charge is 0.273 e. The summed E-state index contributed by atoms with van der Waals surface area (Å²) in [5, 5.41) is 6.89. The van der Waals surface area contributed by atoms with E-state index >= 15 is 0 Å². The SMILES string of the molecule is O=C(c1cc(C2CC2)nn1-c1ccccc1)N1CCCC1c1cccs1. The minimum atomic E-state index is 0.101. The standard InChI is InChI=1S/C21H21N3OS/c25-21(23-12-4-8-18(23)20-9-5-13-26-20)19-14-17(15-10-11-15)22-24(19)16-6-2-1-3-7-16/h1-3,5-7,9,13-15,18H,4,8,10-12H2. The number of hydrogen-bond donors (Lipinski definition) is 0. The average Bonchev–Trinajstić information content (AvgIpc) is 3.11. The van der Waals surface area contributed by atoms with Crippen LogP contribution in [0.2, 0.25) is 0 Å². The minimum Gasteiger partial charge on any atom is -0.329 e. The van der Waals surface area contributed by atoms with Crippen LogP contribution in [-0.4, -0.2) is 27.1 Å². The average molecular weight is 363 g/mol. The molecule has 1 aromatic carbocycles. The van der Waals surface area contributed by atoms with Gasteiger partial charge in [-0.3, -0.25) is 4.79 Å². The number of amides is 1. The van der Waals surface area contributed by atoms with Crippen LogP contribution in [0.5, 0.6) is 0 Å². The van der Waals surface area contributed by atoms with Crippen molar-refractivity contribution in [1.29, 1.82) is 0 Å². The molecule has 0 spiro atoms. The molecule has 132 valence electrons. The number of aromatic nitrogens is 2. The third kappa shape index (κ3) is 2.76. The predicted molar refractivity (Wildman–Crippen MR) is 103 cm³/mol. The molecule has 5 rings (SSSR count). The van der Waals surface area contributed by atoms with Crippen LogP contribution in [0.15, 0.2) is 53.9 Å². The number of hydrogen-bond acceptors (Lipinski definition) is 3. The van der Waals surface area contributed by atoms with Crippen LogP contribution in [0.25, 0.3) is 5.69 Å². The van der Waals surface area contributed by atoms with Gasteiger partial charge in [0.05, 0.1) is 17.4 Å². The van der Waals surface area contributed by atoms with Crippen molar-refractivity contribution >= 4 is 17.2 Å². The highest BCUT2D eigenvalue weighted by Crippen LogP contribution is 2.41. The first-order chi connectivity index (χ1) is 12.8. The second kappa shape index (κ2) is 6.40. The van der Waals surface area contributed by atoms with Crippen LogP contribution in [0, 0.1) is 0 Å². The summed E-state index contributed by atoms with van der Waals surface area (Å²) in [5.41, 5.74) is 2.71. The number of carbonyl (C=O) groups excluding carboxylic acids is 1. The van der Waals surface area contributed by atoms with Crippen LogP contribution >= 0.6 is 11.3 Å². The first-order valence-electron chi connectivity index (χ1n) is 9.31. The van der Waals surface area contributed by atoms with Gasteiger partial charge in [0.15, 0.2) is 0 Å². The zero-order valence-corrected chi connectivity index (χ0v) is 15.4. The summed E-state index contributed by atoms with van der Waals surface area (Å²) in [6.07, 6.45) is 4.46. The number of rotatable bonds is 4. The number of thiophene rings is 1. The van der Waals surface area contributed by atoms with Crippen molar-refractivity contribution in [2.75, 3.05) is 6.54 Å². The van der Waals surface area contributed by atoms with Gasteiger partial charge in [0, 0.05) is 17.3 Å². The zero-order valence-electron chi connectivity index (χ0n) is 14.5. The number of carbonyl (C=O) groups is 1. The van der Waals surface area contributed by atoms with E-state index in [0.29, 0.717) is 11.6 Å². The summed E-state index contributed by atoms with van der Waals surface area (Å²) in [6, 6.07) is 16.4. The fourth-order valence-corrected chi connectivity index (χ4v) is 4.70. The molecule has 1 amide bonds. The molecule has 2 aliphatic rings. The van der Waals surface area contributed by atoms with Crippen molar-refractivity contribution in [3.8, 4) is 5.69 Å². The molecule has 0 N–H and O–H groups in total. The highest BCUT2D eigenvalue weighted by Gasteiger charge is 2.35. The molecule has 1 saturated carbocycles. The molecule has 3 aromatic rings. The van der Waals surface area contributed by atoms with Gasteiger partial charge in [-0.05, 0) is 55.3 Å². The molecule has 1 aliphatic heterocycles. The third-order valence-electron chi connectivity index (χ3n) is 5.33. The lowest BCUT2D eigenvalue weighted by Gasteiger charge is -2.24. The second-order valence-electron chi connectivity index (χ2n) is 7.15. The molecular weight excluding hydrogens is 342 g/mol. The lowest BCUT2D eigenvalue weighted by atomic mass is 10.1. The molecule has 2 fully saturated rings. The highest BCUT2D eigenvalue weighted by molar-refractivity contribution is 7.10. The summed E-state index contributed by atoms with van der Waals surface area (Å²) in [5.74, 6) is 0.627. The molecule has 1 unspecified atom stereocenters.